The van der Waals surface area contributed by atoms with E-state index in [0.29, 0.717) is 54.4 Å². The summed E-state index contributed by atoms with van der Waals surface area (Å²) in [5.41, 5.74) is 4.16. The Labute approximate surface area is 431 Å². The first kappa shape index (κ1) is 53.8. The second kappa shape index (κ2) is 26.6. The number of rotatable bonds is 32. The van der Waals surface area contributed by atoms with Crippen molar-refractivity contribution in [2.45, 2.75) is 147 Å². The summed E-state index contributed by atoms with van der Waals surface area (Å²) in [7, 11) is 0. The number of fused-ring (bicyclic) bond motifs is 3. The van der Waals surface area contributed by atoms with Gasteiger partial charge < -0.3 is 43.6 Å². The Kier molecular flexibility index (Phi) is 19.6. The van der Waals surface area contributed by atoms with Crippen molar-refractivity contribution >= 4 is 17.3 Å². The Balaban J connectivity index is 1.25. The summed E-state index contributed by atoms with van der Waals surface area (Å²) in [6.07, 6.45) is 19.3. The molecule has 5 aliphatic rings. The van der Waals surface area contributed by atoms with Gasteiger partial charge in [-0.3, -0.25) is 19.8 Å². The molecule has 2 aliphatic carbocycles. The number of aliphatic hydroxyl groups is 2. The number of nitro benzene ring substituents is 1. The van der Waals surface area contributed by atoms with Crippen LogP contribution in [0.5, 0.6) is 23.0 Å². The number of nitrogens with zero attached hydrogens (tertiary/aromatic N) is 4. The van der Waals surface area contributed by atoms with Gasteiger partial charge in [-0.15, -0.1) is 6.58 Å². The molecule has 8 rings (SSSR count). The molecule has 0 spiro atoms. The molecule has 1 amide bonds. The van der Waals surface area contributed by atoms with Gasteiger partial charge >= 0.3 is 0 Å². The first-order chi connectivity index (χ1) is 35.8. The Morgan fingerprint density at radius 2 is 1.60 bits per heavy atom. The summed E-state index contributed by atoms with van der Waals surface area (Å²) >= 11 is 0. The van der Waals surface area contributed by atoms with Gasteiger partial charge in [-0.05, 0) is 103 Å². The SMILES string of the molecule is C=CCO[C@@]12Oc3ccc(OCCN4CC4)cc3[C@H]3[C@H](CCCCO)[C@@H](CCCCO)C=C(C(=NOCc4ccc([N+](=O)[O-])cc4)C[C@@H]1N(Cc1ccc4c(c1)OCO4)C(=O)CCCCCCCCCCC)[C@H]32. The minimum atomic E-state index is -1.44. The van der Waals surface area contributed by atoms with Crippen molar-refractivity contribution in [3.05, 3.63) is 112 Å². The fourth-order valence-corrected chi connectivity index (χ4v) is 11.6. The highest BCUT2D eigenvalue weighted by atomic mass is 16.7. The first-order valence-electron chi connectivity index (χ1n) is 27.2. The van der Waals surface area contributed by atoms with Crippen LogP contribution in [-0.4, -0.2) is 101 Å². The van der Waals surface area contributed by atoms with Crippen molar-refractivity contribution < 1.29 is 48.5 Å². The molecule has 396 valence electrons. The highest BCUT2D eigenvalue weighted by molar-refractivity contribution is 6.03. The van der Waals surface area contributed by atoms with Gasteiger partial charge in [-0.1, -0.05) is 94.5 Å². The zero-order valence-electron chi connectivity index (χ0n) is 43.0. The maximum Gasteiger partial charge on any atom is 0.269 e. The molecular weight excluding hydrogens is 929 g/mol. The van der Waals surface area contributed by atoms with E-state index in [2.05, 4.69) is 30.5 Å². The zero-order chi connectivity index (χ0) is 51.0. The lowest BCUT2D eigenvalue weighted by atomic mass is 9.55. The lowest BCUT2D eigenvalue weighted by Crippen LogP contribution is -2.70. The molecule has 0 unspecified atom stereocenters. The van der Waals surface area contributed by atoms with Gasteiger partial charge in [0.1, 0.15) is 30.8 Å². The van der Waals surface area contributed by atoms with Crippen LogP contribution in [0, 0.1) is 27.9 Å². The summed E-state index contributed by atoms with van der Waals surface area (Å²) in [6, 6.07) is 17.5. The molecule has 15 nitrogen and oxygen atoms in total. The number of carbonyl (C=O) groups is 1. The standard InChI is InChI=1S/C58H78N4O11/c1-3-5-6-7-8-9-10-11-12-19-55(65)61(39-43-22-26-52-53(35-43)70-41-69-52)54-38-50(59-72-40-42-20-23-45(24-21-42)62(66)67)48-36-44(17-13-15-31-63)47(18-14-16-32-64)56-49-37-46(68-34-30-60-28-29-60)25-27-51(49)73-58(54,57(48)56)71-33-4-2/h4,20-27,35-37,44,47,54,56-57,63-64H,2-3,5-19,28-34,38-41H2,1H3/t44-,47+,54-,56+,57+,58+/m0/s1. The van der Waals surface area contributed by atoms with E-state index >= 15 is 4.79 Å². The number of carbonyl (C=O) groups excluding carboxylic acids is 1. The minimum Gasteiger partial charge on any atom is -0.492 e. The predicted molar refractivity (Wildman–Crippen MR) is 280 cm³/mol. The van der Waals surface area contributed by atoms with E-state index in [-0.39, 0.29) is 75.5 Å². The summed E-state index contributed by atoms with van der Waals surface area (Å²) in [5, 5.41) is 36.7. The number of aliphatic hydroxyl groups excluding tert-OH is 2. The quantitative estimate of drug-likeness (QED) is 0.0199. The third-order valence-electron chi connectivity index (χ3n) is 15.4. The lowest BCUT2D eigenvalue weighted by Gasteiger charge is -2.60. The second-order valence-corrected chi connectivity index (χ2v) is 20.4. The summed E-state index contributed by atoms with van der Waals surface area (Å²) in [6.45, 7) is 10.6. The molecule has 1 saturated heterocycles. The Morgan fingerprint density at radius 1 is 0.890 bits per heavy atom. The van der Waals surface area contributed by atoms with Crippen molar-refractivity contribution in [3.63, 3.8) is 0 Å². The van der Waals surface area contributed by atoms with Crippen LogP contribution in [0.15, 0.2) is 90.1 Å². The number of hydrogen-bond donors (Lipinski definition) is 2. The lowest BCUT2D eigenvalue weighted by molar-refractivity contribution is -0.384. The Bertz CT molecular complexity index is 2350. The van der Waals surface area contributed by atoms with E-state index in [9.17, 15) is 20.3 Å². The van der Waals surface area contributed by atoms with E-state index in [1.54, 1.807) is 18.2 Å². The van der Waals surface area contributed by atoms with Crippen molar-refractivity contribution in [3.8, 4) is 23.0 Å². The summed E-state index contributed by atoms with van der Waals surface area (Å²) in [4.78, 5) is 37.1. The molecule has 15 heteroatoms. The predicted octanol–water partition coefficient (Wildman–Crippen LogP) is 10.8. The van der Waals surface area contributed by atoms with E-state index < -0.39 is 22.7 Å². The number of amides is 1. The van der Waals surface area contributed by atoms with Gasteiger partial charge in [-0.25, -0.2) is 0 Å². The minimum absolute atomic E-state index is 0.0123. The second-order valence-electron chi connectivity index (χ2n) is 20.4. The molecule has 1 saturated carbocycles. The molecule has 3 aromatic rings. The largest absolute Gasteiger partial charge is 0.492 e. The van der Waals surface area contributed by atoms with Crippen LogP contribution in [0.4, 0.5) is 5.69 Å². The van der Waals surface area contributed by atoms with Gasteiger partial charge in [0.15, 0.2) is 11.5 Å². The average molecular weight is 1010 g/mol. The molecule has 0 bridgehead atoms. The molecule has 73 heavy (non-hydrogen) atoms. The number of hydrogen-bond acceptors (Lipinski definition) is 13. The van der Waals surface area contributed by atoms with Crippen LogP contribution in [0.3, 0.4) is 0 Å². The topological polar surface area (TPSA) is 175 Å². The molecule has 0 aromatic heterocycles. The number of oxime groups is 1. The van der Waals surface area contributed by atoms with Crippen LogP contribution in [0.1, 0.15) is 139 Å². The van der Waals surface area contributed by atoms with Crippen LogP contribution in [-0.2, 0) is 27.5 Å². The van der Waals surface area contributed by atoms with Crippen LogP contribution >= 0.6 is 0 Å². The maximum absolute atomic E-state index is 15.4. The number of allylic oxidation sites excluding steroid dienone is 1. The van der Waals surface area contributed by atoms with Gasteiger partial charge in [-0.2, -0.15) is 0 Å². The van der Waals surface area contributed by atoms with Crippen molar-refractivity contribution in [1.29, 1.82) is 0 Å². The maximum atomic E-state index is 15.4. The van der Waals surface area contributed by atoms with Gasteiger partial charge in [0, 0.05) is 75.8 Å². The highest BCUT2D eigenvalue weighted by Gasteiger charge is 2.65. The number of nitro groups is 1. The number of benzene rings is 3. The fraction of sp³-hybridized carbons (Fsp3) is 0.586. The van der Waals surface area contributed by atoms with Crippen molar-refractivity contribution in [1.82, 2.24) is 9.80 Å². The molecule has 2 fully saturated rings. The van der Waals surface area contributed by atoms with Crippen molar-refractivity contribution in [2.75, 3.05) is 52.9 Å². The molecule has 3 heterocycles. The van der Waals surface area contributed by atoms with Crippen LogP contribution < -0.4 is 18.9 Å². The van der Waals surface area contributed by atoms with Crippen LogP contribution in [0.2, 0.25) is 0 Å². The van der Waals surface area contributed by atoms with Crippen molar-refractivity contribution in [2.24, 2.45) is 22.9 Å². The average Bonchev–Trinajstić information content (AvgIpc) is 4.11. The summed E-state index contributed by atoms with van der Waals surface area (Å²) in [5.74, 6) is 0.605. The van der Waals surface area contributed by atoms with Gasteiger partial charge in [0.2, 0.25) is 18.5 Å². The molecule has 3 aliphatic heterocycles. The molecule has 6 atom stereocenters. The van der Waals surface area contributed by atoms with Crippen LogP contribution in [0.25, 0.3) is 0 Å². The van der Waals surface area contributed by atoms with Gasteiger partial charge in [0.25, 0.3) is 5.69 Å². The third kappa shape index (κ3) is 13.6. The molecule has 0 radical (unpaired) electrons. The fourth-order valence-electron chi connectivity index (χ4n) is 11.6. The zero-order valence-corrected chi connectivity index (χ0v) is 43.0. The number of ether oxygens (including phenoxy) is 5. The van der Waals surface area contributed by atoms with E-state index in [1.807, 2.05) is 35.2 Å². The first-order valence-corrected chi connectivity index (χ1v) is 27.2. The van der Waals surface area contributed by atoms with Gasteiger partial charge in [0.05, 0.1) is 23.2 Å². The van der Waals surface area contributed by atoms with E-state index in [1.165, 1.54) is 44.2 Å². The smallest absolute Gasteiger partial charge is 0.269 e. The number of unbranched alkanes of at least 4 members (excludes halogenated alkanes) is 10. The summed E-state index contributed by atoms with van der Waals surface area (Å²) < 4.78 is 32.9. The highest BCUT2D eigenvalue weighted by Crippen LogP contribution is 2.62. The Hall–Kier alpha value is -5.48. The van der Waals surface area contributed by atoms with E-state index in [4.69, 9.17) is 33.7 Å². The third-order valence-corrected chi connectivity index (χ3v) is 15.4. The molecule has 2 N–H and O–H groups in total. The number of non-ortho nitro benzene ring substituents is 1. The molecule has 3 aromatic carbocycles. The van der Waals surface area contributed by atoms with E-state index in [0.717, 1.165) is 93.5 Å². The monoisotopic (exact) mass is 1010 g/mol. The Morgan fingerprint density at radius 3 is 2.33 bits per heavy atom. The normalized spacial score (nSPS) is 23.0. The molecular formula is C58H78N4O11.